The van der Waals surface area contributed by atoms with E-state index in [9.17, 15) is 4.79 Å². The molecule has 4 nitrogen and oxygen atoms in total. The zero-order valence-electron chi connectivity index (χ0n) is 9.24. The normalized spacial score (nSPS) is 10.5. The second-order valence-electron chi connectivity index (χ2n) is 3.60. The minimum absolute atomic E-state index is 0.236. The standard InChI is InChI=1S/C11H14BrNO3/c1-13(2)5-6-16-8-3-4-9(11(14)15)10(12)7-8/h3-4,7H,5-6H2,1-2H3,(H,14,15). The number of rotatable bonds is 5. The number of carboxylic acids is 1. The van der Waals surface area contributed by atoms with Crippen molar-refractivity contribution in [2.45, 2.75) is 0 Å². The van der Waals surface area contributed by atoms with Gasteiger partial charge in [0.25, 0.3) is 0 Å². The van der Waals surface area contributed by atoms with Gasteiger partial charge in [-0.25, -0.2) is 4.79 Å². The van der Waals surface area contributed by atoms with Crippen LogP contribution in [0, 0.1) is 0 Å². The Balaban J connectivity index is 2.63. The van der Waals surface area contributed by atoms with E-state index in [2.05, 4.69) is 15.9 Å². The number of nitrogens with zero attached hydrogens (tertiary/aromatic N) is 1. The van der Waals surface area contributed by atoms with Crippen molar-refractivity contribution >= 4 is 21.9 Å². The van der Waals surface area contributed by atoms with Crippen LogP contribution in [-0.4, -0.2) is 43.2 Å². The molecule has 0 fully saturated rings. The average Bonchev–Trinajstić information content (AvgIpc) is 2.16. The molecule has 0 aliphatic rings. The smallest absolute Gasteiger partial charge is 0.336 e. The van der Waals surface area contributed by atoms with E-state index in [0.29, 0.717) is 16.8 Å². The molecule has 1 aromatic rings. The van der Waals surface area contributed by atoms with Crippen LogP contribution in [0.2, 0.25) is 0 Å². The molecule has 0 bridgehead atoms. The molecule has 0 saturated carbocycles. The van der Waals surface area contributed by atoms with Crippen LogP contribution in [0.15, 0.2) is 22.7 Å². The third kappa shape index (κ3) is 3.83. The summed E-state index contributed by atoms with van der Waals surface area (Å²) < 4.78 is 6.00. The monoisotopic (exact) mass is 287 g/mol. The van der Waals surface area contributed by atoms with Gasteiger partial charge < -0.3 is 14.7 Å². The summed E-state index contributed by atoms with van der Waals surface area (Å²) in [5, 5.41) is 8.83. The van der Waals surface area contributed by atoms with Crippen LogP contribution < -0.4 is 4.74 Å². The maximum Gasteiger partial charge on any atom is 0.336 e. The number of hydrogen-bond acceptors (Lipinski definition) is 3. The molecule has 0 aromatic heterocycles. The Bertz CT molecular complexity index is 379. The number of aromatic carboxylic acids is 1. The first kappa shape index (κ1) is 13.0. The molecule has 5 heteroatoms. The van der Waals surface area contributed by atoms with Crippen LogP contribution in [0.4, 0.5) is 0 Å². The summed E-state index contributed by atoms with van der Waals surface area (Å²) in [4.78, 5) is 12.8. The molecule has 0 aliphatic heterocycles. The first-order chi connectivity index (χ1) is 7.50. The third-order valence-electron chi connectivity index (χ3n) is 1.98. The molecule has 0 heterocycles. The topological polar surface area (TPSA) is 49.8 Å². The number of carbonyl (C=O) groups is 1. The highest BCUT2D eigenvalue weighted by Crippen LogP contribution is 2.23. The molecule has 1 aromatic carbocycles. The molecule has 0 unspecified atom stereocenters. The van der Waals surface area contributed by atoms with Gasteiger partial charge in [0, 0.05) is 11.0 Å². The van der Waals surface area contributed by atoms with Gasteiger partial charge in [-0.1, -0.05) is 0 Å². The van der Waals surface area contributed by atoms with Crippen molar-refractivity contribution in [1.29, 1.82) is 0 Å². The first-order valence-corrected chi connectivity index (χ1v) is 5.60. The highest BCUT2D eigenvalue weighted by Gasteiger charge is 2.08. The van der Waals surface area contributed by atoms with Crippen LogP contribution in [0.5, 0.6) is 5.75 Å². The van der Waals surface area contributed by atoms with Gasteiger partial charge in [0.05, 0.1) is 5.56 Å². The highest BCUT2D eigenvalue weighted by molar-refractivity contribution is 9.10. The van der Waals surface area contributed by atoms with Crippen molar-refractivity contribution in [3.63, 3.8) is 0 Å². The van der Waals surface area contributed by atoms with E-state index in [1.165, 1.54) is 6.07 Å². The number of carboxylic acid groups (broad SMARTS) is 1. The third-order valence-corrected chi connectivity index (χ3v) is 2.63. The summed E-state index contributed by atoms with van der Waals surface area (Å²) in [5.41, 5.74) is 0.236. The van der Waals surface area contributed by atoms with Crippen molar-refractivity contribution in [3.05, 3.63) is 28.2 Å². The van der Waals surface area contributed by atoms with Gasteiger partial charge in [0.1, 0.15) is 12.4 Å². The van der Waals surface area contributed by atoms with Gasteiger partial charge in [-0.3, -0.25) is 0 Å². The molecule has 0 aliphatic carbocycles. The maximum absolute atomic E-state index is 10.8. The quantitative estimate of drug-likeness (QED) is 0.901. The van der Waals surface area contributed by atoms with Crippen LogP contribution in [0.25, 0.3) is 0 Å². The molecule has 0 atom stereocenters. The zero-order chi connectivity index (χ0) is 12.1. The van der Waals surface area contributed by atoms with Crippen molar-refractivity contribution in [2.24, 2.45) is 0 Å². The summed E-state index contributed by atoms with van der Waals surface area (Å²) in [7, 11) is 3.93. The molecule has 1 N–H and O–H groups in total. The Morgan fingerprint density at radius 2 is 2.19 bits per heavy atom. The SMILES string of the molecule is CN(C)CCOc1ccc(C(=O)O)c(Br)c1. The van der Waals surface area contributed by atoms with Gasteiger partial charge in [-0.2, -0.15) is 0 Å². The van der Waals surface area contributed by atoms with Crippen LogP contribution in [0.1, 0.15) is 10.4 Å². The van der Waals surface area contributed by atoms with E-state index >= 15 is 0 Å². The zero-order valence-corrected chi connectivity index (χ0v) is 10.8. The molecular formula is C11H14BrNO3. The number of benzene rings is 1. The maximum atomic E-state index is 10.8. The lowest BCUT2D eigenvalue weighted by Gasteiger charge is -2.11. The molecule has 0 amide bonds. The summed E-state index contributed by atoms with van der Waals surface area (Å²) in [6, 6.07) is 4.85. The molecule has 0 spiro atoms. The minimum Gasteiger partial charge on any atom is -0.492 e. The number of ether oxygens (including phenoxy) is 1. The molecule has 16 heavy (non-hydrogen) atoms. The number of hydrogen-bond donors (Lipinski definition) is 1. The summed E-state index contributed by atoms with van der Waals surface area (Å²) >= 11 is 3.20. The predicted molar refractivity (Wildman–Crippen MR) is 65.2 cm³/mol. The van der Waals surface area contributed by atoms with Gasteiger partial charge >= 0.3 is 5.97 Å². The number of halogens is 1. The van der Waals surface area contributed by atoms with Crippen LogP contribution in [0.3, 0.4) is 0 Å². The van der Waals surface area contributed by atoms with E-state index in [-0.39, 0.29) is 5.56 Å². The highest BCUT2D eigenvalue weighted by atomic mass is 79.9. The summed E-state index contributed by atoms with van der Waals surface area (Å²) in [6.45, 7) is 1.39. The van der Waals surface area contributed by atoms with E-state index < -0.39 is 5.97 Å². The molecule has 0 saturated heterocycles. The van der Waals surface area contributed by atoms with E-state index in [0.717, 1.165) is 6.54 Å². The van der Waals surface area contributed by atoms with Crippen molar-refractivity contribution in [1.82, 2.24) is 4.90 Å². The van der Waals surface area contributed by atoms with Crippen LogP contribution >= 0.6 is 15.9 Å². The van der Waals surface area contributed by atoms with Crippen molar-refractivity contribution in [2.75, 3.05) is 27.2 Å². The Morgan fingerprint density at radius 3 is 2.69 bits per heavy atom. The Morgan fingerprint density at radius 1 is 1.50 bits per heavy atom. The van der Waals surface area contributed by atoms with E-state index in [1.54, 1.807) is 12.1 Å². The molecule has 88 valence electrons. The molecular weight excluding hydrogens is 274 g/mol. The summed E-state index contributed by atoms with van der Waals surface area (Å²) in [5.74, 6) is -0.287. The Kier molecular flexibility index (Phi) is 4.76. The lowest BCUT2D eigenvalue weighted by molar-refractivity contribution is 0.0696. The fraction of sp³-hybridized carbons (Fsp3) is 0.364. The first-order valence-electron chi connectivity index (χ1n) is 4.81. The molecule has 0 radical (unpaired) electrons. The minimum atomic E-state index is -0.952. The van der Waals surface area contributed by atoms with Gasteiger partial charge in [0.2, 0.25) is 0 Å². The molecule has 1 rings (SSSR count). The van der Waals surface area contributed by atoms with Crippen LogP contribution in [-0.2, 0) is 0 Å². The largest absolute Gasteiger partial charge is 0.492 e. The second kappa shape index (κ2) is 5.86. The van der Waals surface area contributed by atoms with Gasteiger partial charge in [-0.15, -0.1) is 0 Å². The fourth-order valence-electron chi connectivity index (χ4n) is 1.11. The fourth-order valence-corrected chi connectivity index (χ4v) is 1.63. The van der Waals surface area contributed by atoms with E-state index in [4.69, 9.17) is 9.84 Å². The number of likely N-dealkylation sites (N-methyl/N-ethyl adjacent to an activating group) is 1. The van der Waals surface area contributed by atoms with Gasteiger partial charge in [0.15, 0.2) is 0 Å². The van der Waals surface area contributed by atoms with E-state index in [1.807, 2.05) is 19.0 Å². The lowest BCUT2D eigenvalue weighted by atomic mass is 10.2. The Hall–Kier alpha value is -1.07. The average molecular weight is 288 g/mol. The van der Waals surface area contributed by atoms with Gasteiger partial charge in [-0.05, 0) is 48.2 Å². The van der Waals surface area contributed by atoms with Crippen molar-refractivity contribution < 1.29 is 14.6 Å². The second-order valence-corrected chi connectivity index (χ2v) is 4.45. The summed E-state index contributed by atoms with van der Waals surface area (Å²) in [6.07, 6.45) is 0. The lowest BCUT2D eigenvalue weighted by Crippen LogP contribution is -2.19. The Labute approximate surface area is 103 Å². The predicted octanol–water partition coefficient (Wildman–Crippen LogP) is 2.09. The van der Waals surface area contributed by atoms with Crippen molar-refractivity contribution in [3.8, 4) is 5.75 Å².